The normalized spacial score (nSPS) is 8.43. The number of hydrogen-bond acceptors (Lipinski definition) is 2. The molecule has 0 spiro atoms. The summed E-state index contributed by atoms with van der Waals surface area (Å²) in [4.78, 5) is 10.1. The Morgan fingerprint density at radius 3 is 2.43 bits per heavy atom. The monoisotopic (exact) mass is 214 g/mol. The first-order valence-corrected chi connectivity index (χ1v) is 3.20. The van der Waals surface area contributed by atoms with E-state index in [0.717, 1.165) is 0 Å². The van der Waals surface area contributed by atoms with Gasteiger partial charge >= 0.3 is 0 Å². The van der Waals surface area contributed by atoms with Crippen molar-refractivity contribution >= 4 is 28.5 Å². The van der Waals surface area contributed by atoms with Crippen LogP contribution in [0.15, 0.2) is 0 Å². The SMILES string of the molecule is CN([O-])C(=O)CI. The van der Waals surface area contributed by atoms with Crippen LogP contribution in [0.4, 0.5) is 0 Å². The minimum Gasteiger partial charge on any atom is -0.756 e. The number of hydrogen-bond donors (Lipinski definition) is 0. The van der Waals surface area contributed by atoms with Gasteiger partial charge < -0.3 is 10.3 Å². The van der Waals surface area contributed by atoms with Gasteiger partial charge in [-0.25, -0.2) is 0 Å². The molecule has 0 bridgehead atoms. The number of hydroxylamine groups is 2. The Bertz CT molecular complexity index is 73.3. The molecular formula is C3H5INO2-. The van der Waals surface area contributed by atoms with E-state index >= 15 is 0 Å². The second-order valence-corrected chi connectivity index (χ2v) is 1.79. The minimum absolute atomic E-state index is 0.262. The van der Waals surface area contributed by atoms with E-state index < -0.39 is 0 Å². The summed E-state index contributed by atoms with van der Waals surface area (Å²) in [6, 6.07) is 0. The van der Waals surface area contributed by atoms with Gasteiger partial charge in [-0.3, -0.25) is 4.79 Å². The number of carbonyl (C=O) groups is 1. The van der Waals surface area contributed by atoms with E-state index in [2.05, 4.69) is 0 Å². The quantitative estimate of drug-likeness (QED) is 0.359. The van der Waals surface area contributed by atoms with Gasteiger partial charge in [0.2, 0.25) is 5.91 Å². The van der Waals surface area contributed by atoms with Crippen molar-refractivity contribution in [2.45, 2.75) is 0 Å². The fourth-order valence-electron chi connectivity index (χ4n) is 0.0842. The van der Waals surface area contributed by atoms with Crippen molar-refractivity contribution in [2.24, 2.45) is 0 Å². The molecule has 7 heavy (non-hydrogen) atoms. The molecule has 0 rings (SSSR count). The van der Waals surface area contributed by atoms with Gasteiger partial charge in [0, 0.05) is 0 Å². The lowest BCUT2D eigenvalue weighted by atomic mass is 10.7. The summed E-state index contributed by atoms with van der Waals surface area (Å²) in [6.45, 7) is 0. The molecule has 0 N–H and O–H groups in total. The molecule has 4 heteroatoms. The third kappa shape index (κ3) is 2.81. The van der Waals surface area contributed by atoms with E-state index in [4.69, 9.17) is 0 Å². The highest BCUT2D eigenvalue weighted by atomic mass is 127. The Hall–Kier alpha value is 0.160. The van der Waals surface area contributed by atoms with Crippen LogP contribution >= 0.6 is 22.6 Å². The zero-order valence-electron chi connectivity index (χ0n) is 3.85. The molecule has 0 atom stereocenters. The van der Waals surface area contributed by atoms with Gasteiger partial charge in [0.1, 0.15) is 0 Å². The van der Waals surface area contributed by atoms with E-state index in [0.29, 0.717) is 5.06 Å². The van der Waals surface area contributed by atoms with E-state index in [1.165, 1.54) is 7.05 Å². The fourth-order valence-corrected chi connectivity index (χ4v) is 0.565. The summed E-state index contributed by atoms with van der Waals surface area (Å²) in [5.41, 5.74) is 0. The van der Waals surface area contributed by atoms with Gasteiger partial charge in [0.25, 0.3) is 0 Å². The maximum Gasteiger partial charge on any atom is 0.221 e. The first-order valence-electron chi connectivity index (χ1n) is 1.68. The van der Waals surface area contributed by atoms with Crippen LogP contribution < -0.4 is 0 Å². The molecule has 3 nitrogen and oxygen atoms in total. The maximum absolute atomic E-state index is 10.1. The molecule has 0 aliphatic heterocycles. The van der Waals surface area contributed by atoms with Crippen molar-refractivity contribution in [1.29, 1.82) is 0 Å². The number of amides is 1. The Labute approximate surface area is 55.4 Å². The average Bonchev–Trinajstić information content (AvgIpc) is 1.65. The highest BCUT2D eigenvalue weighted by molar-refractivity contribution is 14.1. The second kappa shape index (κ2) is 3.20. The maximum atomic E-state index is 10.1. The molecule has 0 saturated heterocycles. The highest BCUT2D eigenvalue weighted by Crippen LogP contribution is 1.85. The summed E-state index contributed by atoms with van der Waals surface area (Å²) in [5, 5.41) is 10.3. The number of alkyl halides is 1. The molecule has 0 fully saturated rings. The van der Waals surface area contributed by atoms with Crippen molar-refractivity contribution < 1.29 is 4.79 Å². The lowest BCUT2D eigenvalue weighted by molar-refractivity contribution is -0.124. The number of halogens is 1. The van der Waals surface area contributed by atoms with Gasteiger partial charge in [0.05, 0.1) is 4.43 Å². The third-order valence-corrected chi connectivity index (χ3v) is 1.12. The molecule has 0 heterocycles. The van der Waals surface area contributed by atoms with E-state index in [1.54, 1.807) is 0 Å². The summed E-state index contributed by atoms with van der Waals surface area (Å²) in [5.74, 6) is -0.388. The molecule has 0 aliphatic rings. The predicted molar refractivity (Wildman–Crippen MR) is 35.0 cm³/mol. The first kappa shape index (κ1) is 7.16. The molecule has 0 unspecified atom stereocenters. The summed E-state index contributed by atoms with van der Waals surface area (Å²) in [6.07, 6.45) is 0. The van der Waals surface area contributed by atoms with E-state index in [1.807, 2.05) is 22.6 Å². The molecule has 0 saturated carbocycles. The Morgan fingerprint density at radius 1 is 2.00 bits per heavy atom. The number of rotatable bonds is 1. The van der Waals surface area contributed by atoms with Crippen LogP contribution in [0.25, 0.3) is 0 Å². The predicted octanol–water partition coefficient (Wildman–Crippen LogP) is 0.378. The Morgan fingerprint density at radius 2 is 2.43 bits per heavy atom. The van der Waals surface area contributed by atoms with Gasteiger partial charge in [-0.1, -0.05) is 22.6 Å². The number of carbonyl (C=O) groups excluding carboxylic acids is 1. The molecule has 0 aromatic heterocycles. The van der Waals surface area contributed by atoms with Gasteiger partial charge in [0.15, 0.2) is 0 Å². The molecule has 42 valence electrons. The first-order chi connectivity index (χ1) is 3.18. The lowest BCUT2D eigenvalue weighted by Gasteiger charge is -2.19. The topological polar surface area (TPSA) is 43.4 Å². The summed E-state index contributed by atoms with van der Waals surface area (Å²) in [7, 11) is 1.20. The van der Waals surface area contributed by atoms with Crippen molar-refractivity contribution in [2.75, 3.05) is 11.5 Å². The third-order valence-electron chi connectivity index (χ3n) is 0.466. The zero-order chi connectivity index (χ0) is 5.86. The molecule has 0 aromatic rings. The van der Waals surface area contributed by atoms with Crippen molar-refractivity contribution in [3.05, 3.63) is 5.21 Å². The molecule has 0 aromatic carbocycles. The number of nitrogens with zero attached hydrogens (tertiary/aromatic N) is 1. The van der Waals surface area contributed by atoms with Crippen LogP contribution in [0.5, 0.6) is 0 Å². The lowest BCUT2D eigenvalue weighted by Crippen LogP contribution is -2.20. The molecule has 0 radical (unpaired) electrons. The zero-order valence-corrected chi connectivity index (χ0v) is 6.01. The Balaban J connectivity index is 3.35. The standard InChI is InChI=1S/C3H5INO2/c1-5(7)3(6)2-4/h2H2,1H3/q-1. The summed E-state index contributed by atoms with van der Waals surface area (Å²) < 4.78 is 0.262. The summed E-state index contributed by atoms with van der Waals surface area (Å²) >= 11 is 1.84. The highest BCUT2D eigenvalue weighted by Gasteiger charge is 1.91. The Kier molecular flexibility index (Phi) is 3.27. The van der Waals surface area contributed by atoms with Crippen LogP contribution in [-0.4, -0.2) is 22.4 Å². The molecular weight excluding hydrogens is 209 g/mol. The van der Waals surface area contributed by atoms with Gasteiger partial charge in [-0.2, -0.15) is 0 Å². The van der Waals surface area contributed by atoms with Crippen molar-refractivity contribution in [3.63, 3.8) is 0 Å². The van der Waals surface area contributed by atoms with Gasteiger partial charge in [-0.15, -0.1) is 0 Å². The minimum atomic E-state index is -0.388. The van der Waals surface area contributed by atoms with Crippen LogP contribution in [-0.2, 0) is 4.79 Å². The van der Waals surface area contributed by atoms with Crippen molar-refractivity contribution in [1.82, 2.24) is 5.06 Å². The van der Waals surface area contributed by atoms with Crippen LogP contribution in [0, 0.1) is 5.21 Å². The fraction of sp³-hybridized carbons (Fsp3) is 0.667. The van der Waals surface area contributed by atoms with E-state index in [9.17, 15) is 10.0 Å². The smallest absolute Gasteiger partial charge is 0.221 e. The van der Waals surface area contributed by atoms with Gasteiger partial charge in [-0.05, 0) is 7.05 Å². The van der Waals surface area contributed by atoms with Crippen LogP contribution in [0.3, 0.4) is 0 Å². The average molecular weight is 214 g/mol. The molecule has 1 amide bonds. The molecule has 0 aliphatic carbocycles. The van der Waals surface area contributed by atoms with Crippen LogP contribution in [0.2, 0.25) is 0 Å². The second-order valence-electron chi connectivity index (χ2n) is 1.02. The van der Waals surface area contributed by atoms with E-state index in [-0.39, 0.29) is 10.3 Å². The van der Waals surface area contributed by atoms with Crippen molar-refractivity contribution in [3.8, 4) is 0 Å². The largest absolute Gasteiger partial charge is 0.756 e. The van der Waals surface area contributed by atoms with Crippen LogP contribution in [0.1, 0.15) is 0 Å².